The first-order chi connectivity index (χ1) is 8.59. The van der Waals surface area contributed by atoms with Gasteiger partial charge in [0.1, 0.15) is 5.76 Å². The average Bonchev–Trinajstić information content (AvgIpc) is 2.80. The van der Waals surface area contributed by atoms with Crippen molar-refractivity contribution in [2.75, 3.05) is 13.6 Å². The summed E-state index contributed by atoms with van der Waals surface area (Å²) in [5, 5.41) is 11.2. The Bertz CT molecular complexity index is 375. The number of carboxylic acid groups (broad SMARTS) is 1. The summed E-state index contributed by atoms with van der Waals surface area (Å²) in [6.07, 6.45) is 2.93. The van der Waals surface area contributed by atoms with Crippen LogP contribution in [0.3, 0.4) is 0 Å². The number of unbranched alkanes of at least 4 members (excludes halogenated alkanes) is 1. The zero-order valence-corrected chi connectivity index (χ0v) is 10.4. The van der Waals surface area contributed by atoms with Gasteiger partial charge in [-0.05, 0) is 25.0 Å². The Morgan fingerprint density at radius 2 is 2.22 bits per heavy atom. The molecule has 2 N–H and O–H groups in total. The Hall–Kier alpha value is -1.98. The maximum Gasteiger partial charge on any atom is 0.317 e. The fraction of sp³-hybridized carbons (Fsp3) is 0.500. The second kappa shape index (κ2) is 7.37. The van der Waals surface area contributed by atoms with Gasteiger partial charge in [0.25, 0.3) is 0 Å². The van der Waals surface area contributed by atoms with Crippen molar-refractivity contribution in [3.63, 3.8) is 0 Å². The molecule has 18 heavy (non-hydrogen) atoms. The Balaban J connectivity index is 2.14. The van der Waals surface area contributed by atoms with E-state index in [-0.39, 0.29) is 12.5 Å². The van der Waals surface area contributed by atoms with Crippen LogP contribution in [-0.2, 0) is 11.3 Å². The highest BCUT2D eigenvalue weighted by molar-refractivity contribution is 5.73. The molecule has 2 amide bonds. The van der Waals surface area contributed by atoms with E-state index in [0.717, 1.165) is 5.76 Å². The van der Waals surface area contributed by atoms with Gasteiger partial charge in [-0.3, -0.25) is 4.79 Å². The van der Waals surface area contributed by atoms with E-state index in [0.29, 0.717) is 25.9 Å². The molecule has 0 fully saturated rings. The maximum absolute atomic E-state index is 11.6. The monoisotopic (exact) mass is 254 g/mol. The molecule has 100 valence electrons. The third-order valence-corrected chi connectivity index (χ3v) is 2.41. The van der Waals surface area contributed by atoms with Gasteiger partial charge in [0.2, 0.25) is 0 Å². The molecule has 1 aromatic rings. The van der Waals surface area contributed by atoms with Crippen LogP contribution in [0.1, 0.15) is 25.0 Å². The molecule has 1 aromatic heterocycles. The number of rotatable bonds is 7. The van der Waals surface area contributed by atoms with Crippen molar-refractivity contribution in [2.45, 2.75) is 25.8 Å². The van der Waals surface area contributed by atoms with Crippen LogP contribution < -0.4 is 5.32 Å². The van der Waals surface area contributed by atoms with Crippen molar-refractivity contribution in [3.05, 3.63) is 24.2 Å². The van der Waals surface area contributed by atoms with Crippen molar-refractivity contribution in [1.82, 2.24) is 10.2 Å². The predicted molar refractivity (Wildman–Crippen MR) is 65.1 cm³/mol. The van der Waals surface area contributed by atoms with Gasteiger partial charge >= 0.3 is 12.0 Å². The van der Waals surface area contributed by atoms with E-state index in [9.17, 15) is 9.59 Å². The lowest BCUT2D eigenvalue weighted by Gasteiger charge is -2.16. The van der Waals surface area contributed by atoms with Gasteiger partial charge in [-0.25, -0.2) is 4.79 Å². The van der Waals surface area contributed by atoms with Crippen LogP contribution in [0.5, 0.6) is 0 Å². The predicted octanol–water partition coefficient (Wildman–Crippen LogP) is 1.68. The number of hydrogen-bond acceptors (Lipinski definition) is 3. The summed E-state index contributed by atoms with van der Waals surface area (Å²) >= 11 is 0. The number of nitrogens with one attached hydrogen (secondary N) is 1. The smallest absolute Gasteiger partial charge is 0.317 e. The molecule has 1 rings (SSSR count). The van der Waals surface area contributed by atoms with E-state index in [1.807, 2.05) is 0 Å². The SMILES string of the molecule is CN(Cc1ccco1)C(=O)NCCCCC(=O)O. The summed E-state index contributed by atoms with van der Waals surface area (Å²) in [5.41, 5.74) is 0. The van der Waals surface area contributed by atoms with Gasteiger partial charge in [0.15, 0.2) is 0 Å². The Kier molecular flexibility index (Phi) is 5.76. The van der Waals surface area contributed by atoms with Crippen molar-refractivity contribution >= 4 is 12.0 Å². The molecule has 6 nitrogen and oxygen atoms in total. The summed E-state index contributed by atoms with van der Waals surface area (Å²) in [5.74, 6) is -0.0882. The Labute approximate surface area is 106 Å². The first kappa shape index (κ1) is 14.1. The van der Waals surface area contributed by atoms with E-state index in [2.05, 4.69) is 5.32 Å². The minimum atomic E-state index is -0.809. The quantitative estimate of drug-likeness (QED) is 0.725. The van der Waals surface area contributed by atoms with E-state index < -0.39 is 5.97 Å². The summed E-state index contributed by atoms with van der Waals surface area (Å²) in [6.45, 7) is 0.891. The molecule has 1 heterocycles. The number of carboxylic acids is 1. The number of hydrogen-bond donors (Lipinski definition) is 2. The molecule has 0 aromatic carbocycles. The molecule has 0 aliphatic carbocycles. The minimum Gasteiger partial charge on any atom is -0.481 e. The molecule has 6 heteroatoms. The zero-order valence-electron chi connectivity index (χ0n) is 10.4. The first-order valence-corrected chi connectivity index (χ1v) is 5.82. The molecular weight excluding hydrogens is 236 g/mol. The summed E-state index contributed by atoms with van der Waals surface area (Å²) in [4.78, 5) is 23.4. The third kappa shape index (κ3) is 5.38. The lowest BCUT2D eigenvalue weighted by molar-refractivity contribution is -0.137. The van der Waals surface area contributed by atoms with Gasteiger partial charge in [-0.15, -0.1) is 0 Å². The minimum absolute atomic E-state index is 0.137. The van der Waals surface area contributed by atoms with Gasteiger partial charge in [0, 0.05) is 20.0 Å². The topological polar surface area (TPSA) is 82.8 Å². The Morgan fingerprint density at radius 3 is 2.83 bits per heavy atom. The summed E-state index contributed by atoms with van der Waals surface area (Å²) < 4.78 is 5.14. The molecule has 0 spiro atoms. The van der Waals surface area contributed by atoms with Crippen molar-refractivity contribution < 1.29 is 19.1 Å². The average molecular weight is 254 g/mol. The van der Waals surface area contributed by atoms with Crippen molar-refractivity contribution in [2.24, 2.45) is 0 Å². The van der Waals surface area contributed by atoms with Crippen LogP contribution in [-0.4, -0.2) is 35.6 Å². The van der Waals surface area contributed by atoms with Gasteiger partial charge in [-0.2, -0.15) is 0 Å². The molecule has 0 bridgehead atoms. The van der Waals surface area contributed by atoms with Gasteiger partial charge < -0.3 is 19.7 Å². The second-order valence-electron chi connectivity index (χ2n) is 4.02. The molecule has 0 atom stereocenters. The number of amides is 2. The standard InChI is InChI=1S/C12H18N2O4/c1-14(9-10-5-4-8-18-10)12(17)13-7-3-2-6-11(15)16/h4-5,8H,2-3,6-7,9H2,1H3,(H,13,17)(H,15,16). The fourth-order valence-corrected chi connectivity index (χ4v) is 1.44. The maximum atomic E-state index is 11.6. The summed E-state index contributed by atoms with van der Waals surface area (Å²) in [7, 11) is 1.68. The van der Waals surface area contributed by atoms with Crippen LogP contribution in [0.25, 0.3) is 0 Å². The molecule has 0 saturated carbocycles. The first-order valence-electron chi connectivity index (χ1n) is 5.82. The molecule has 0 aliphatic rings. The summed E-state index contributed by atoms with van der Waals surface area (Å²) in [6, 6.07) is 3.38. The van der Waals surface area contributed by atoms with E-state index in [4.69, 9.17) is 9.52 Å². The van der Waals surface area contributed by atoms with E-state index in [1.165, 1.54) is 4.90 Å². The number of nitrogens with zero attached hydrogens (tertiary/aromatic N) is 1. The van der Waals surface area contributed by atoms with Crippen LogP contribution >= 0.6 is 0 Å². The lowest BCUT2D eigenvalue weighted by Crippen LogP contribution is -2.37. The molecule has 0 radical (unpaired) electrons. The highest BCUT2D eigenvalue weighted by atomic mass is 16.4. The Morgan fingerprint density at radius 1 is 1.44 bits per heavy atom. The van der Waals surface area contributed by atoms with Gasteiger partial charge in [0.05, 0.1) is 12.8 Å². The van der Waals surface area contributed by atoms with Crippen LogP contribution in [0.4, 0.5) is 4.79 Å². The van der Waals surface area contributed by atoms with Gasteiger partial charge in [-0.1, -0.05) is 0 Å². The molecule has 0 aliphatic heterocycles. The normalized spacial score (nSPS) is 10.1. The molecular formula is C12H18N2O4. The highest BCUT2D eigenvalue weighted by Gasteiger charge is 2.09. The fourth-order valence-electron chi connectivity index (χ4n) is 1.44. The molecule has 0 saturated heterocycles. The van der Waals surface area contributed by atoms with E-state index >= 15 is 0 Å². The van der Waals surface area contributed by atoms with Crippen molar-refractivity contribution in [3.8, 4) is 0 Å². The zero-order chi connectivity index (χ0) is 13.4. The number of furan rings is 1. The highest BCUT2D eigenvalue weighted by Crippen LogP contribution is 2.03. The van der Waals surface area contributed by atoms with E-state index in [1.54, 1.807) is 25.4 Å². The van der Waals surface area contributed by atoms with Crippen molar-refractivity contribution in [1.29, 1.82) is 0 Å². The number of aliphatic carboxylic acids is 1. The second-order valence-corrected chi connectivity index (χ2v) is 4.02. The van der Waals surface area contributed by atoms with Crippen LogP contribution in [0.2, 0.25) is 0 Å². The lowest BCUT2D eigenvalue weighted by atomic mass is 10.2. The third-order valence-electron chi connectivity index (χ3n) is 2.41. The molecule has 0 unspecified atom stereocenters. The number of urea groups is 1. The number of carbonyl (C=O) groups is 2. The number of carbonyl (C=O) groups excluding carboxylic acids is 1. The van der Waals surface area contributed by atoms with Crippen LogP contribution in [0.15, 0.2) is 22.8 Å². The van der Waals surface area contributed by atoms with Crippen LogP contribution in [0, 0.1) is 0 Å². The largest absolute Gasteiger partial charge is 0.481 e.